The molecule has 0 amide bonds. The van der Waals surface area contributed by atoms with Crippen LogP contribution in [0.5, 0.6) is 34.5 Å². The Morgan fingerprint density at radius 3 is 0.710 bits per heavy atom. The van der Waals surface area contributed by atoms with E-state index in [0.29, 0.717) is 50.3 Å². The van der Waals surface area contributed by atoms with E-state index >= 15 is 0 Å². The van der Waals surface area contributed by atoms with Crippen LogP contribution in [0.1, 0.15) is 145 Å². The Bertz CT molecular complexity index is 5490. The second-order valence-electron chi connectivity index (χ2n) is 25.2. The van der Waals surface area contributed by atoms with Crippen LogP contribution in [0.15, 0.2) is 231 Å². The molecular weight excluding hydrogens is 1640 g/mol. The van der Waals surface area contributed by atoms with Crippen molar-refractivity contribution in [3.63, 3.8) is 0 Å². The van der Waals surface area contributed by atoms with Gasteiger partial charge in [-0.2, -0.15) is 0 Å². The zero-order valence-corrected chi connectivity index (χ0v) is 67.2. The third-order valence-electron chi connectivity index (χ3n) is 16.5. The molecule has 0 heterocycles. The van der Waals surface area contributed by atoms with E-state index in [9.17, 15) is 80.1 Å². The Labute approximate surface area is 705 Å². The molecule has 28 nitrogen and oxygen atoms in total. The number of esters is 7. The summed E-state index contributed by atoms with van der Waals surface area (Å²) in [6.07, 6.45) is 0. The second-order valence-corrected chi connectivity index (χ2v) is 25.2. The third kappa shape index (κ3) is 31.7. The highest BCUT2D eigenvalue weighted by atomic mass is 19.1. The van der Waals surface area contributed by atoms with E-state index in [2.05, 4.69) is 28.4 Å². The van der Waals surface area contributed by atoms with Gasteiger partial charge in [0.15, 0.2) is 0 Å². The number of carboxylic acids is 3. The SMILES string of the molecule is CC(=O)OCc1cc(OCc2ccccc2F)cc(C(=O)O)c1.COC(=O)c1cc(CO)cc(OCc2ccccc2F)c1.COC(=O)c1cc(O)cc(C(=O)OC)c1.COC(=O)c1cc(OCc2ccccc2F)cc(C(=O)O)c1.COC(=O)c1cc(OCc2ccccc2F)cc(C(=O)OC)c1.O=C(O)c1cc(CO)cc(OCc2ccccc2F)c1. The summed E-state index contributed by atoms with van der Waals surface area (Å²) in [4.78, 5) is 113. The van der Waals surface area contributed by atoms with E-state index in [1.165, 1.54) is 177 Å². The van der Waals surface area contributed by atoms with Gasteiger partial charge in [0.25, 0.3) is 0 Å². The molecule has 0 aromatic heterocycles. The van der Waals surface area contributed by atoms with Crippen molar-refractivity contribution in [3.05, 3.63) is 354 Å². The van der Waals surface area contributed by atoms with Crippen molar-refractivity contribution in [2.24, 2.45) is 0 Å². The van der Waals surface area contributed by atoms with Crippen LogP contribution in [0.25, 0.3) is 0 Å². The molecule has 0 aliphatic heterocycles. The number of phenols is 1. The summed E-state index contributed by atoms with van der Waals surface area (Å²) in [5.41, 5.74) is 3.91. The Hall–Kier alpha value is -15.5. The number of aliphatic hydroxyl groups is 2. The van der Waals surface area contributed by atoms with E-state index in [1.807, 2.05) is 0 Å². The number of ether oxygens (including phenoxy) is 12. The van der Waals surface area contributed by atoms with Crippen molar-refractivity contribution in [2.75, 3.05) is 42.7 Å². The average molecular weight is 1720 g/mol. The average Bonchev–Trinajstić information content (AvgIpc) is 0.813. The number of carboxylic acid groups (broad SMARTS) is 3. The molecular formula is C91H81F5O28. The van der Waals surface area contributed by atoms with Gasteiger partial charge in [0, 0.05) is 34.7 Å². The normalized spacial score (nSPS) is 10.1. The fraction of sp³-hybridized carbons (Fsp3) is 0.165. The molecule has 124 heavy (non-hydrogen) atoms. The van der Waals surface area contributed by atoms with Crippen LogP contribution in [0, 0.1) is 29.1 Å². The van der Waals surface area contributed by atoms with Crippen molar-refractivity contribution in [1.82, 2.24) is 0 Å². The van der Waals surface area contributed by atoms with Crippen LogP contribution < -0.4 is 23.7 Å². The summed E-state index contributed by atoms with van der Waals surface area (Å²) in [6.45, 7) is 0.515. The summed E-state index contributed by atoms with van der Waals surface area (Å²) in [5.74, 6) is -8.52. The van der Waals surface area contributed by atoms with Gasteiger partial charge in [-0.1, -0.05) is 91.0 Å². The maximum absolute atomic E-state index is 13.6. The minimum atomic E-state index is -1.21. The quantitative estimate of drug-likeness (QED) is 0.0151. The maximum Gasteiger partial charge on any atom is 0.338 e. The first-order valence-electron chi connectivity index (χ1n) is 36.3. The number of hydrogen-bond acceptors (Lipinski definition) is 25. The maximum atomic E-state index is 13.6. The largest absolute Gasteiger partial charge is 0.508 e. The van der Waals surface area contributed by atoms with Gasteiger partial charge in [0.1, 0.15) is 103 Å². The monoisotopic (exact) mass is 1720 g/mol. The van der Waals surface area contributed by atoms with Crippen LogP contribution in [-0.2, 0) is 90.8 Å². The molecule has 0 unspecified atom stereocenters. The summed E-state index contributed by atoms with van der Waals surface area (Å²) in [6, 6.07) is 55.6. The van der Waals surface area contributed by atoms with Gasteiger partial charge in [0.2, 0.25) is 0 Å². The number of halogens is 5. The number of aromatic hydroxyl groups is 1. The van der Waals surface area contributed by atoms with Gasteiger partial charge in [-0.25, -0.2) is 65.1 Å². The third-order valence-corrected chi connectivity index (χ3v) is 16.5. The molecule has 0 radical (unpaired) electrons. The number of carbonyl (C=O) groups is 10. The highest BCUT2D eigenvalue weighted by molar-refractivity contribution is 5.98. The lowest BCUT2D eigenvalue weighted by Gasteiger charge is -2.10. The number of carbonyl (C=O) groups excluding carboxylic acids is 7. The van der Waals surface area contributed by atoms with E-state index in [1.54, 1.807) is 103 Å². The molecule has 33 heteroatoms. The number of aliphatic hydroxyl groups excluding tert-OH is 2. The predicted molar refractivity (Wildman–Crippen MR) is 430 cm³/mol. The molecule has 0 fully saturated rings. The van der Waals surface area contributed by atoms with E-state index in [-0.39, 0.29) is 143 Å². The number of rotatable bonds is 28. The molecule has 0 saturated heterocycles. The molecule has 0 aliphatic carbocycles. The van der Waals surface area contributed by atoms with Crippen molar-refractivity contribution in [2.45, 2.75) is 59.8 Å². The van der Waals surface area contributed by atoms with Crippen LogP contribution in [-0.4, -0.2) is 133 Å². The van der Waals surface area contributed by atoms with Gasteiger partial charge in [-0.15, -0.1) is 0 Å². The smallest absolute Gasteiger partial charge is 0.338 e. The first-order valence-corrected chi connectivity index (χ1v) is 36.3. The summed E-state index contributed by atoms with van der Waals surface area (Å²) in [5, 5.41) is 54.7. The Kier molecular flexibility index (Phi) is 39.1. The Balaban J connectivity index is 0.000000231. The molecule has 11 aromatic rings. The van der Waals surface area contributed by atoms with E-state index in [4.69, 9.17) is 48.8 Å². The molecule has 648 valence electrons. The zero-order valence-electron chi connectivity index (χ0n) is 67.2. The lowest BCUT2D eigenvalue weighted by atomic mass is 10.1. The first-order chi connectivity index (χ1) is 59.3. The minimum Gasteiger partial charge on any atom is -0.508 e. The highest BCUT2D eigenvalue weighted by Crippen LogP contribution is 2.27. The molecule has 0 spiro atoms. The highest BCUT2D eigenvalue weighted by Gasteiger charge is 2.20. The molecule has 6 N–H and O–H groups in total. The standard InChI is InChI=1S/2C17H15FO5.C16H13FO5.C16H15FO4.C15H13FO4.C10H10O5/c1-21-16(19)12-7-13(17(20)22-2)9-14(8-12)23-10-11-5-3-4-6-15(11)18;1-11(19)22-9-12-6-14(17(20)21)8-15(7-12)23-10-13-4-2-3-5-16(13)18;1-21-16(20)12-6-11(15(18)19)7-13(8-12)22-9-10-4-2-3-5-14(10)17;1-20-16(19)13-6-11(9-18)7-14(8-13)21-10-12-4-2-3-5-15(12)17;16-14-4-2-1-3-11(14)9-20-13-6-10(8-17)5-12(7-13)15(18)19;1-14-9(12)6-3-7(10(13)15-2)5-8(11)4-6/h3-9H,10H2,1-2H3;2-8H,9-10H2,1H3,(H,20,21);2-8H,9H2,1H3,(H,18,19);2-8,18H,9-10H2,1H3;1-7,17H,8-9H2,(H,18,19);3-5,11H,1-2H3. The second kappa shape index (κ2) is 49.8. The molecule has 0 bridgehead atoms. The number of hydrogen-bond donors (Lipinski definition) is 6. The molecule has 0 aliphatic rings. The van der Waals surface area contributed by atoms with Gasteiger partial charge in [-0.05, 0) is 156 Å². The number of aromatic carboxylic acids is 3. The number of benzene rings is 11. The fourth-order valence-corrected chi connectivity index (χ4v) is 10.3. The van der Waals surface area contributed by atoms with E-state index < -0.39 is 77.1 Å². The predicted octanol–water partition coefficient (Wildman–Crippen LogP) is 15.3. The van der Waals surface area contributed by atoms with Crippen molar-refractivity contribution in [3.8, 4) is 34.5 Å². The number of methoxy groups -OCH3 is 6. The zero-order chi connectivity index (χ0) is 91.0. The van der Waals surface area contributed by atoms with Crippen LogP contribution in [0.3, 0.4) is 0 Å². The number of phenolic OH excluding ortho intramolecular Hbond substituents is 1. The summed E-state index contributed by atoms with van der Waals surface area (Å²) >= 11 is 0. The van der Waals surface area contributed by atoms with Crippen molar-refractivity contribution >= 4 is 59.7 Å². The van der Waals surface area contributed by atoms with Gasteiger partial charge in [0.05, 0.1) is 106 Å². The fourth-order valence-electron chi connectivity index (χ4n) is 10.3. The van der Waals surface area contributed by atoms with Crippen LogP contribution in [0.2, 0.25) is 0 Å². The molecule has 11 rings (SSSR count). The molecule has 11 aromatic carbocycles. The van der Waals surface area contributed by atoms with Gasteiger partial charge < -0.3 is 87.5 Å². The lowest BCUT2D eigenvalue weighted by molar-refractivity contribution is -0.142. The summed E-state index contributed by atoms with van der Waals surface area (Å²) in [7, 11) is 7.35. The summed E-state index contributed by atoms with van der Waals surface area (Å²) < 4.78 is 127. The van der Waals surface area contributed by atoms with Crippen molar-refractivity contribution < 1.29 is 157 Å². The Morgan fingerprint density at radius 1 is 0.266 bits per heavy atom. The van der Waals surface area contributed by atoms with Gasteiger partial charge in [-0.3, -0.25) is 4.79 Å². The molecule has 0 atom stereocenters. The van der Waals surface area contributed by atoms with Crippen molar-refractivity contribution in [1.29, 1.82) is 0 Å². The topological polar surface area (TPSA) is 403 Å². The Morgan fingerprint density at radius 2 is 0.468 bits per heavy atom. The minimum absolute atomic E-state index is 0.00168. The van der Waals surface area contributed by atoms with Gasteiger partial charge >= 0.3 is 59.7 Å². The lowest BCUT2D eigenvalue weighted by Crippen LogP contribution is -2.08. The van der Waals surface area contributed by atoms with Crippen LogP contribution >= 0.6 is 0 Å². The first kappa shape index (κ1) is 97.3. The van der Waals surface area contributed by atoms with Crippen LogP contribution in [0.4, 0.5) is 22.0 Å². The molecule has 0 saturated carbocycles. The van der Waals surface area contributed by atoms with E-state index in [0.717, 1.165) is 0 Å².